The van der Waals surface area contributed by atoms with Crippen LogP contribution < -0.4 is 5.32 Å². The zero-order valence-corrected chi connectivity index (χ0v) is 17.3. The van der Waals surface area contributed by atoms with Crippen molar-refractivity contribution < 1.29 is 29.7 Å². The third-order valence-electron chi connectivity index (χ3n) is 6.47. The van der Waals surface area contributed by atoms with Gasteiger partial charge < -0.3 is 30.4 Å². The molecule has 10 heteroatoms. The van der Waals surface area contributed by atoms with E-state index in [9.17, 15) is 29.7 Å². The largest absolute Gasteiger partial charge is 0.477 e. The summed E-state index contributed by atoms with van der Waals surface area (Å²) in [5.41, 5.74) is 0.0202. The summed E-state index contributed by atoms with van der Waals surface area (Å²) in [7, 11) is 0. The molecule has 9 nitrogen and oxygen atoms in total. The quantitative estimate of drug-likeness (QED) is 0.421. The molecule has 0 aromatic carbocycles. The van der Waals surface area contributed by atoms with Crippen LogP contribution in [0.2, 0.25) is 0 Å². The van der Waals surface area contributed by atoms with Gasteiger partial charge in [0.15, 0.2) is 0 Å². The third-order valence-corrected chi connectivity index (χ3v) is 7.98. The first kappa shape index (κ1) is 20.6. The van der Waals surface area contributed by atoms with Gasteiger partial charge in [-0.1, -0.05) is 6.92 Å². The third kappa shape index (κ3) is 3.35. The normalized spacial score (nSPS) is 37.7. The van der Waals surface area contributed by atoms with E-state index in [1.54, 1.807) is 11.8 Å². The van der Waals surface area contributed by atoms with Crippen LogP contribution in [0.3, 0.4) is 0 Å². The summed E-state index contributed by atoms with van der Waals surface area (Å²) in [6.07, 6.45) is -0.121. The summed E-state index contributed by atoms with van der Waals surface area (Å²) in [5.74, 6) is -2.24. The van der Waals surface area contributed by atoms with E-state index in [1.807, 2.05) is 6.92 Å². The molecule has 0 aromatic rings. The first-order valence-electron chi connectivity index (χ1n) is 10.1. The number of thioether (sulfide) groups is 1. The standard InChI is InChI=1S/C19H27N3O6S/c1-8-14-13(9(2)23)18(26)22(14)15(19(27)28)16(8)29-11-5-12(20-6-11)17(25)21-4-3-10(24)7-21/h8-14,20,23-24H,3-7H2,1-2H3,(H,27,28)/t8?,9?,10?,11?,12?,13?,14-/m1/s1. The Bertz CT molecular complexity index is 771. The number of aliphatic hydroxyl groups excluding tert-OH is 2. The zero-order chi connectivity index (χ0) is 21.0. The Balaban J connectivity index is 1.46. The van der Waals surface area contributed by atoms with Crippen molar-refractivity contribution in [2.75, 3.05) is 19.6 Å². The van der Waals surface area contributed by atoms with E-state index in [0.717, 1.165) is 0 Å². The summed E-state index contributed by atoms with van der Waals surface area (Å²) in [4.78, 5) is 40.6. The van der Waals surface area contributed by atoms with Crippen molar-refractivity contribution in [1.29, 1.82) is 0 Å². The Kier molecular flexibility index (Phi) is 5.39. The number of carboxylic acids is 1. The maximum atomic E-state index is 12.6. The van der Waals surface area contributed by atoms with E-state index >= 15 is 0 Å². The number of carbonyl (C=O) groups is 3. The number of fused-ring (bicyclic) bond motifs is 1. The Morgan fingerprint density at radius 2 is 2.07 bits per heavy atom. The van der Waals surface area contributed by atoms with Gasteiger partial charge in [0, 0.05) is 35.7 Å². The van der Waals surface area contributed by atoms with Crippen molar-refractivity contribution in [3.8, 4) is 0 Å². The van der Waals surface area contributed by atoms with Crippen LogP contribution in [0.1, 0.15) is 26.7 Å². The van der Waals surface area contributed by atoms with Crippen LogP contribution in [0.5, 0.6) is 0 Å². The van der Waals surface area contributed by atoms with Crippen molar-refractivity contribution in [1.82, 2.24) is 15.1 Å². The number of likely N-dealkylation sites (tertiary alicyclic amines) is 1. The highest BCUT2D eigenvalue weighted by molar-refractivity contribution is 8.03. The molecule has 0 aromatic heterocycles. The zero-order valence-electron chi connectivity index (χ0n) is 16.4. The minimum absolute atomic E-state index is 0.0158. The van der Waals surface area contributed by atoms with E-state index < -0.39 is 24.1 Å². The molecule has 29 heavy (non-hydrogen) atoms. The van der Waals surface area contributed by atoms with Gasteiger partial charge in [0.2, 0.25) is 11.8 Å². The number of aliphatic carboxylic acids is 1. The SMILES string of the molecule is CC(O)C1C(=O)N2C(C(=O)O)=C(SC3CNC(C(=O)N4CCC(O)C4)C3)C(C)[C@H]12. The monoisotopic (exact) mass is 425 g/mol. The molecule has 4 aliphatic heterocycles. The van der Waals surface area contributed by atoms with Crippen molar-refractivity contribution in [3.05, 3.63) is 10.6 Å². The topological polar surface area (TPSA) is 130 Å². The minimum Gasteiger partial charge on any atom is -0.477 e. The molecular formula is C19H27N3O6S. The molecule has 7 atom stereocenters. The molecule has 0 saturated carbocycles. The number of β-lactam (4-membered cyclic amide) rings is 1. The van der Waals surface area contributed by atoms with Crippen LogP contribution in [0.25, 0.3) is 0 Å². The van der Waals surface area contributed by atoms with Crippen LogP contribution in [0, 0.1) is 11.8 Å². The molecule has 160 valence electrons. The fraction of sp³-hybridized carbons (Fsp3) is 0.737. The van der Waals surface area contributed by atoms with E-state index in [1.165, 1.54) is 16.7 Å². The van der Waals surface area contributed by atoms with Gasteiger partial charge in [-0.05, 0) is 19.8 Å². The van der Waals surface area contributed by atoms with Gasteiger partial charge in [-0.2, -0.15) is 0 Å². The number of aliphatic hydroxyl groups is 2. The van der Waals surface area contributed by atoms with Gasteiger partial charge >= 0.3 is 5.97 Å². The van der Waals surface area contributed by atoms with Crippen LogP contribution in [0.4, 0.5) is 0 Å². The Labute approximate surface area is 173 Å². The molecule has 4 aliphatic rings. The molecule has 6 unspecified atom stereocenters. The maximum Gasteiger partial charge on any atom is 0.353 e. The second kappa shape index (κ2) is 7.57. The maximum absolute atomic E-state index is 12.6. The number of hydrogen-bond acceptors (Lipinski definition) is 7. The van der Waals surface area contributed by atoms with Crippen LogP contribution in [0.15, 0.2) is 10.6 Å². The van der Waals surface area contributed by atoms with Gasteiger partial charge in [-0.3, -0.25) is 9.59 Å². The van der Waals surface area contributed by atoms with Gasteiger partial charge in [0.1, 0.15) is 5.70 Å². The van der Waals surface area contributed by atoms with Crippen molar-refractivity contribution in [3.63, 3.8) is 0 Å². The van der Waals surface area contributed by atoms with E-state index in [0.29, 0.717) is 37.4 Å². The molecule has 4 heterocycles. The smallest absolute Gasteiger partial charge is 0.353 e. The van der Waals surface area contributed by atoms with Gasteiger partial charge in [-0.15, -0.1) is 11.8 Å². The molecule has 3 saturated heterocycles. The van der Waals surface area contributed by atoms with Crippen molar-refractivity contribution in [2.24, 2.45) is 11.8 Å². The molecule has 4 rings (SSSR count). The summed E-state index contributed by atoms with van der Waals surface area (Å²) in [6.45, 7) is 4.94. The number of hydrogen-bond donors (Lipinski definition) is 4. The lowest BCUT2D eigenvalue weighted by molar-refractivity contribution is -0.163. The fourth-order valence-corrected chi connectivity index (χ4v) is 6.48. The van der Waals surface area contributed by atoms with Crippen LogP contribution in [-0.2, 0) is 14.4 Å². The van der Waals surface area contributed by atoms with E-state index in [2.05, 4.69) is 5.32 Å². The van der Waals surface area contributed by atoms with Crippen LogP contribution in [-0.4, -0.2) is 92.1 Å². The van der Waals surface area contributed by atoms with Crippen molar-refractivity contribution >= 4 is 29.5 Å². The average molecular weight is 426 g/mol. The number of carboxylic acid groups (broad SMARTS) is 1. The molecular weight excluding hydrogens is 398 g/mol. The number of carbonyl (C=O) groups excluding carboxylic acids is 2. The Morgan fingerprint density at radius 3 is 2.66 bits per heavy atom. The molecule has 0 aliphatic carbocycles. The average Bonchev–Trinajstić information content (AvgIpc) is 3.33. The van der Waals surface area contributed by atoms with Crippen molar-refractivity contribution in [2.45, 2.75) is 56.2 Å². The molecule has 0 spiro atoms. The lowest BCUT2D eigenvalue weighted by atomic mass is 9.79. The second-order valence-electron chi connectivity index (χ2n) is 8.44. The van der Waals surface area contributed by atoms with Crippen LogP contribution >= 0.6 is 11.8 Å². The lowest BCUT2D eigenvalue weighted by Gasteiger charge is -2.46. The summed E-state index contributed by atoms with van der Waals surface area (Å²) < 4.78 is 0. The summed E-state index contributed by atoms with van der Waals surface area (Å²) >= 11 is 1.43. The summed E-state index contributed by atoms with van der Waals surface area (Å²) in [5, 5.41) is 32.5. The van der Waals surface area contributed by atoms with Gasteiger partial charge in [-0.25, -0.2) is 4.79 Å². The number of β-amino-alcohol motifs (C(OH)–C–C–N with tert-alkyl or cyclic N) is 1. The predicted octanol–water partition coefficient (Wildman–Crippen LogP) is -0.803. The highest BCUT2D eigenvalue weighted by Gasteiger charge is 2.60. The molecule has 2 amide bonds. The first-order valence-corrected chi connectivity index (χ1v) is 10.9. The molecule has 0 bridgehead atoms. The number of amides is 2. The van der Waals surface area contributed by atoms with E-state index in [4.69, 9.17) is 0 Å². The highest BCUT2D eigenvalue weighted by Crippen LogP contribution is 2.51. The minimum atomic E-state index is -1.14. The number of nitrogens with one attached hydrogen (secondary N) is 1. The Hall–Kier alpha value is -1.62. The Morgan fingerprint density at radius 1 is 1.34 bits per heavy atom. The first-order chi connectivity index (χ1) is 13.7. The second-order valence-corrected chi connectivity index (χ2v) is 9.78. The molecule has 0 radical (unpaired) electrons. The lowest BCUT2D eigenvalue weighted by Crippen LogP contribution is -2.63. The van der Waals surface area contributed by atoms with Gasteiger partial charge in [0.25, 0.3) is 0 Å². The number of nitrogens with zero attached hydrogens (tertiary/aromatic N) is 2. The number of rotatable bonds is 5. The highest BCUT2D eigenvalue weighted by atomic mass is 32.2. The fourth-order valence-electron chi connectivity index (χ4n) is 5.00. The molecule has 3 fully saturated rings. The predicted molar refractivity (Wildman–Crippen MR) is 105 cm³/mol. The summed E-state index contributed by atoms with van der Waals surface area (Å²) in [6, 6.07) is -0.666. The van der Waals surface area contributed by atoms with Gasteiger partial charge in [0.05, 0.1) is 30.2 Å². The molecule has 4 N–H and O–H groups in total. The van der Waals surface area contributed by atoms with E-state index in [-0.39, 0.29) is 40.8 Å².